The number of hydrogen-bond acceptors (Lipinski definition) is 2. The first kappa shape index (κ1) is 13.2. The molecule has 0 aliphatic heterocycles. The van der Waals surface area contributed by atoms with E-state index in [1.54, 1.807) is 6.92 Å². The van der Waals surface area contributed by atoms with Gasteiger partial charge in [-0.3, -0.25) is 4.99 Å². The van der Waals surface area contributed by atoms with Crippen molar-refractivity contribution < 1.29 is 4.74 Å². The molecule has 96 valence electrons. The molecule has 0 unspecified atom stereocenters. The minimum Gasteiger partial charge on any atom is -0.479 e. The zero-order chi connectivity index (χ0) is 13.7. The van der Waals surface area contributed by atoms with Crippen LogP contribution in [0.4, 0.5) is 5.69 Å². The lowest BCUT2D eigenvalue weighted by Gasteiger charge is -2.10. The summed E-state index contributed by atoms with van der Waals surface area (Å²) in [5.41, 5.74) is 1.89. The second-order valence-electron chi connectivity index (χ2n) is 4.41. The van der Waals surface area contributed by atoms with Crippen molar-refractivity contribution in [3.05, 3.63) is 36.4 Å². The summed E-state index contributed by atoms with van der Waals surface area (Å²) in [5.74, 6) is 6.51. The summed E-state index contributed by atoms with van der Waals surface area (Å²) in [5, 5.41) is 2.27. The van der Waals surface area contributed by atoms with E-state index < -0.39 is 0 Å². The Labute approximate surface area is 114 Å². The van der Waals surface area contributed by atoms with Crippen LogP contribution in [-0.2, 0) is 0 Å². The van der Waals surface area contributed by atoms with Gasteiger partial charge in [-0.1, -0.05) is 36.3 Å². The standard InChI is InChI=1S/C17H17NO/c1-4-5-12-19-16-11-10-14-8-6-7-9-15(14)17(16)18-13(2)3/h6-11H,12H2,1-3H3. The highest BCUT2D eigenvalue weighted by atomic mass is 16.5. The van der Waals surface area contributed by atoms with E-state index in [2.05, 4.69) is 29.0 Å². The number of fused-ring (bicyclic) bond motifs is 1. The number of hydrogen-bond donors (Lipinski definition) is 0. The van der Waals surface area contributed by atoms with E-state index in [9.17, 15) is 0 Å². The highest BCUT2D eigenvalue weighted by Gasteiger charge is 2.07. The van der Waals surface area contributed by atoms with E-state index in [0.717, 1.165) is 27.9 Å². The quantitative estimate of drug-likeness (QED) is 0.587. The van der Waals surface area contributed by atoms with Gasteiger partial charge < -0.3 is 4.74 Å². The van der Waals surface area contributed by atoms with Crippen LogP contribution in [0.15, 0.2) is 41.4 Å². The van der Waals surface area contributed by atoms with E-state index in [-0.39, 0.29) is 0 Å². The first-order chi connectivity index (χ1) is 9.22. The van der Waals surface area contributed by atoms with Crippen LogP contribution in [-0.4, -0.2) is 12.3 Å². The van der Waals surface area contributed by atoms with Crippen molar-refractivity contribution >= 4 is 22.2 Å². The third kappa shape index (κ3) is 3.14. The number of ether oxygens (including phenoxy) is 1. The van der Waals surface area contributed by atoms with Crippen molar-refractivity contribution in [2.24, 2.45) is 4.99 Å². The summed E-state index contributed by atoms with van der Waals surface area (Å²) in [6.45, 7) is 6.16. The van der Waals surface area contributed by atoms with Gasteiger partial charge in [-0.2, -0.15) is 0 Å². The first-order valence-corrected chi connectivity index (χ1v) is 6.28. The maximum atomic E-state index is 5.71. The Morgan fingerprint density at radius 3 is 2.68 bits per heavy atom. The van der Waals surface area contributed by atoms with Gasteiger partial charge in [0.1, 0.15) is 18.0 Å². The predicted octanol–water partition coefficient (Wildman–Crippen LogP) is 4.35. The van der Waals surface area contributed by atoms with E-state index in [4.69, 9.17) is 4.74 Å². The van der Waals surface area contributed by atoms with E-state index in [0.29, 0.717) is 6.61 Å². The van der Waals surface area contributed by atoms with E-state index >= 15 is 0 Å². The molecule has 2 aromatic rings. The van der Waals surface area contributed by atoms with Crippen LogP contribution in [0, 0.1) is 11.8 Å². The van der Waals surface area contributed by atoms with Crippen molar-refractivity contribution in [1.29, 1.82) is 0 Å². The Morgan fingerprint density at radius 2 is 1.95 bits per heavy atom. The molecule has 0 saturated carbocycles. The average Bonchev–Trinajstić information content (AvgIpc) is 2.41. The van der Waals surface area contributed by atoms with Crippen LogP contribution in [0.2, 0.25) is 0 Å². The molecule has 0 aliphatic rings. The van der Waals surface area contributed by atoms with Gasteiger partial charge in [0.25, 0.3) is 0 Å². The van der Waals surface area contributed by atoms with Gasteiger partial charge in [-0.25, -0.2) is 0 Å². The minimum absolute atomic E-state index is 0.389. The zero-order valence-electron chi connectivity index (χ0n) is 11.5. The molecule has 0 N–H and O–H groups in total. The number of aliphatic imine (C=N–C) groups is 1. The smallest absolute Gasteiger partial charge is 0.149 e. The number of rotatable bonds is 3. The van der Waals surface area contributed by atoms with Gasteiger partial charge in [0.2, 0.25) is 0 Å². The molecular formula is C17H17NO. The highest BCUT2D eigenvalue weighted by Crippen LogP contribution is 2.36. The van der Waals surface area contributed by atoms with Crippen molar-refractivity contribution in [2.75, 3.05) is 6.61 Å². The Bertz CT molecular complexity index is 670. The van der Waals surface area contributed by atoms with E-state index in [1.807, 2.05) is 38.1 Å². The third-order valence-electron chi connectivity index (χ3n) is 2.68. The van der Waals surface area contributed by atoms with Crippen molar-refractivity contribution in [1.82, 2.24) is 0 Å². The largest absolute Gasteiger partial charge is 0.479 e. The minimum atomic E-state index is 0.389. The van der Waals surface area contributed by atoms with Crippen molar-refractivity contribution in [2.45, 2.75) is 20.8 Å². The van der Waals surface area contributed by atoms with Crippen LogP contribution < -0.4 is 4.74 Å². The van der Waals surface area contributed by atoms with Crippen LogP contribution in [0.1, 0.15) is 20.8 Å². The molecule has 2 nitrogen and oxygen atoms in total. The highest BCUT2D eigenvalue weighted by molar-refractivity contribution is 5.98. The molecule has 0 radical (unpaired) electrons. The molecule has 0 aliphatic carbocycles. The summed E-state index contributed by atoms with van der Waals surface area (Å²) >= 11 is 0. The van der Waals surface area contributed by atoms with Crippen molar-refractivity contribution in [3.8, 4) is 17.6 Å². The zero-order valence-corrected chi connectivity index (χ0v) is 11.5. The SMILES string of the molecule is CC#CCOc1ccc2ccccc2c1N=C(C)C. The van der Waals surface area contributed by atoms with Gasteiger partial charge >= 0.3 is 0 Å². The molecule has 0 saturated heterocycles. The normalized spacial score (nSPS) is 9.63. The lowest BCUT2D eigenvalue weighted by molar-refractivity contribution is 0.372. The molecular weight excluding hydrogens is 234 g/mol. The second kappa shape index (κ2) is 6.06. The van der Waals surface area contributed by atoms with E-state index in [1.165, 1.54) is 0 Å². The molecule has 0 fully saturated rings. The summed E-state index contributed by atoms with van der Waals surface area (Å²) in [6.07, 6.45) is 0. The first-order valence-electron chi connectivity index (χ1n) is 6.28. The molecule has 19 heavy (non-hydrogen) atoms. The Balaban J connectivity index is 2.55. The lowest BCUT2D eigenvalue weighted by Crippen LogP contribution is -1.95. The molecule has 0 spiro atoms. The maximum absolute atomic E-state index is 5.71. The van der Waals surface area contributed by atoms with Gasteiger partial charge in [0.05, 0.1) is 0 Å². The summed E-state index contributed by atoms with van der Waals surface area (Å²) in [6, 6.07) is 12.2. The van der Waals surface area contributed by atoms with Crippen LogP contribution in [0.5, 0.6) is 5.75 Å². The maximum Gasteiger partial charge on any atom is 0.149 e. The van der Waals surface area contributed by atoms with Crippen molar-refractivity contribution in [3.63, 3.8) is 0 Å². The molecule has 0 heterocycles. The predicted molar refractivity (Wildman–Crippen MR) is 81.3 cm³/mol. The summed E-state index contributed by atoms with van der Waals surface area (Å²) in [7, 11) is 0. The summed E-state index contributed by atoms with van der Waals surface area (Å²) in [4.78, 5) is 4.61. The molecule has 0 bridgehead atoms. The lowest BCUT2D eigenvalue weighted by atomic mass is 10.1. The van der Waals surface area contributed by atoms with Crippen LogP contribution >= 0.6 is 0 Å². The van der Waals surface area contributed by atoms with Crippen LogP contribution in [0.25, 0.3) is 10.8 Å². The van der Waals surface area contributed by atoms with Gasteiger partial charge in [-0.15, -0.1) is 5.92 Å². The molecule has 0 amide bonds. The third-order valence-corrected chi connectivity index (χ3v) is 2.68. The molecule has 0 aromatic heterocycles. The number of nitrogens with zero attached hydrogens (tertiary/aromatic N) is 1. The number of benzene rings is 2. The van der Waals surface area contributed by atoms with Crippen LogP contribution in [0.3, 0.4) is 0 Å². The Kier molecular flexibility index (Phi) is 4.20. The molecule has 2 aromatic carbocycles. The molecule has 0 atom stereocenters. The Hall–Kier alpha value is -2.27. The molecule has 2 rings (SSSR count). The summed E-state index contributed by atoms with van der Waals surface area (Å²) < 4.78 is 5.71. The fourth-order valence-electron chi connectivity index (χ4n) is 1.88. The topological polar surface area (TPSA) is 21.6 Å². The Morgan fingerprint density at radius 1 is 1.16 bits per heavy atom. The average molecular weight is 251 g/mol. The fourth-order valence-corrected chi connectivity index (χ4v) is 1.88. The van der Waals surface area contributed by atoms with Gasteiger partial charge in [-0.05, 0) is 32.2 Å². The van der Waals surface area contributed by atoms with Gasteiger partial charge in [0, 0.05) is 11.1 Å². The molecule has 2 heteroatoms. The fraction of sp³-hybridized carbons (Fsp3) is 0.235. The van der Waals surface area contributed by atoms with Gasteiger partial charge in [0.15, 0.2) is 0 Å². The monoisotopic (exact) mass is 251 g/mol. The second-order valence-corrected chi connectivity index (χ2v) is 4.41.